The molecule has 0 atom stereocenters. The number of benzene rings is 2. The van der Waals surface area contributed by atoms with E-state index in [0.717, 1.165) is 0 Å². The molecule has 1 heterocycles. The molecule has 29 heavy (non-hydrogen) atoms. The lowest BCUT2D eigenvalue weighted by atomic mass is 10.1. The van der Waals surface area contributed by atoms with Crippen molar-refractivity contribution in [3.63, 3.8) is 0 Å². The van der Waals surface area contributed by atoms with Crippen LogP contribution in [0.25, 0.3) is 0 Å². The predicted molar refractivity (Wildman–Crippen MR) is 111 cm³/mol. The number of ketones is 1. The maximum Gasteiger partial charge on any atom is 0.265 e. The third-order valence-electron chi connectivity index (χ3n) is 4.27. The number of allylic oxidation sites excluding steroid dienone is 1. The quantitative estimate of drug-likeness (QED) is 0.558. The Labute approximate surface area is 174 Å². The largest absolute Gasteiger partial charge is 0.371 e. The van der Waals surface area contributed by atoms with Gasteiger partial charge in [-0.05, 0) is 55.0 Å². The highest BCUT2D eigenvalue weighted by molar-refractivity contribution is 7.89. The second-order valence-corrected chi connectivity index (χ2v) is 8.76. The average Bonchev–Trinajstić information content (AvgIpc) is 2.68. The van der Waals surface area contributed by atoms with Crippen LogP contribution >= 0.6 is 11.6 Å². The lowest BCUT2D eigenvalue weighted by Crippen LogP contribution is -2.43. The van der Waals surface area contributed by atoms with Crippen LogP contribution in [0.5, 0.6) is 0 Å². The van der Waals surface area contributed by atoms with Gasteiger partial charge < -0.3 is 10.6 Å². The van der Waals surface area contributed by atoms with Gasteiger partial charge in [-0.1, -0.05) is 11.6 Å². The van der Waals surface area contributed by atoms with Crippen LogP contribution in [0.2, 0.25) is 5.02 Å². The van der Waals surface area contributed by atoms with Crippen molar-refractivity contribution in [3.8, 4) is 0 Å². The molecule has 0 radical (unpaired) electrons. The number of anilines is 1. The summed E-state index contributed by atoms with van der Waals surface area (Å²) in [6, 6.07) is 12.3. The predicted octanol–water partition coefficient (Wildman–Crippen LogP) is 3.01. The maximum atomic E-state index is 13.1. The highest BCUT2D eigenvalue weighted by atomic mass is 35.5. The normalized spacial score (nSPS) is 15.7. The summed E-state index contributed by atoms with van der Waals surface area (Å²) in [5.74, 6) is -0.346. The Morgan fingerprint density at radius 3 is 2.38 bits per heavy atom. The van der Waals surface area contributed by atoms with Gasteiger partial charge in [0.1, 0.15) is 5.82 Å². The standard InChI is InChI=1S/C20H20ClN3O4S/c1-14(25)23-17-7-9-18(10-8-17)29(27,28)24-12-2-11-22-20(24)13-19(26)15-3-5-16(21)6-4-15/h3-10,13,22H,2,11-12H2,1H3,(H,23,25)/b20-13+. The van der Waals surface area contributed by atoms with Gasteiger partial charge in [0, 0.05) is 42.4 Å². The molecule has 1 fully saturated rings. The summed E-state index contributed by atoms with van der Waals surface area (Å²) in [5.41, 5.74) is 0.910. The van der Waals surface area contributed by atoms with Crippen LogP contribution in [0.3, 0.4) is 0 Å². The molecule has 0 aliphatic carbocycles. The van der Waals surface area contributed by atoms with Gasteiger partial charge in [-0.2, -0.15) is 0 Å². The van der Waals surface area contributed by atoms with E-state index < -0.39 is 10.0 Å². The summed E-state index contributed by atoms with van der Waals surface area (Å²) in [4.78, 5) is 23.8. The fraction of sp³-hybridized carbons (Fsp3) is 0.200. The minimum Gasteiger partial charge on any atom is -0.371 e. The first kappa shape index (κ1) is 20.9. The molecular weight excluding hydrogens is 414 g/mol. The fourth-order valence-electron chi connectivity index (χ4n) is 2.88. The number of carbonyl (C=O) groups is 2. The van der Waals surface area contributed by atoms with E-state index in [0.29, 0.717) is 29.2 Å². The first-order valence-electron chi connectivity index (χ1n) is 8.93. The molecule has 152 valence electrons. The van der Waals surface area contributed by atoms with E-state index in [1.54, 1.807) is 24.3 Å². The van der Waals surface area contributed by atoms with Crippen molar-refractivity contribution in [1.29, 1.82) is 0 Å². The Bertz CT molecular complexity index is 1050. The van der Waals surface area contributed by atoms with Crippen molar-refractivity contribution in [3.05, 3.63) is 71.0 Å². The van der Waals surface area contributed by atoms with Gasteiger partial charge in [-0.15, -0.1) is 0 Å². The smallest absolute Gasteiger partial charge is 0.265 e. The van der Waals surface area contributed by atoms with Crippen LogP contribution in [-0.2, 0) is 14.8 Å². The molecule has 0 spiro atoms. The Morgan fingerprint density at radius 1 is 1.10 bits per heavy atom. The summed E-state index contributed by atoms with van der Waals surface area (Å²) in [7, 11) is -3.87. The highest BCUT2D eigenvalue weighted by Crippen LogP contribution is 2.23. The van der Waals surface area contributed by atoms with Gasteiger partial charge in [0.15, 0.2) is 5.78 Å². The number of sulfonamides is 1. The van der Waals surface area contributed by atoms with E-state index in [1.165, 1.54) is 41.6 Å². The van der Waals surface area contributed by atoms with Crippen LogP contribution in [-0.4, -0.2) is 37.5 Å². The van der Waals surface area contributed by atoms with Crippen molar-refractivity contribution >= 4 is 39.0 Å². The summed E-state index contributed by atoms with van der Waals surface area (Å²) >= 11 is 5.85. The lowest BCUT2D eigenvalue weighted by molar-refractivity contribution is -0.114. The van der Waals surface area contributed by atoms with Crippen molar-refractivity contribution in [2.75, 3.05) is 18.4 Å². The second kappa shape index (κ2) is 8.67. The molecule has 0 saturated carbocycles. The summed E-state index contributed by atoms with van der Waals surface area (Å²) < 4.78 is 27.4. The molecule has 0 bridgehead atoms. The third-order valence-corrected chi connectivity index (χ3v) is 6.35. The minimum atomic E-state index is -3.87. The number of nitrogens with zero attached hydrogens (tertiary/aromatic N) is 1. The number of nitrogens with one attached hydrogen (secondary N) is 2. The molecule has 3 rings (SSSR count). The van der Waals surface area contributed by atoms with Crippen molar-refractivity contribution in [2.24, 2.45) is 0 Å². The van der Waals surface area contributed by atoms with Crippen molar-refractivity contribution in [2.45, 2.75) is 18.2 Å². The molecule has 2 N–H and O–H groups in total. The van der Waals surface area contributed by atoms with Crippen LogP contribution in [0.1, 0.15) is 23.7 Å². The molecular formula is C20H20ClN3O4S. The van der Waals surface area contributed by atoms with Gasteiger partial charge in [0.05, 0.1) is 4.90 Å². The first-order valence-corrected chi connectivity index (χ1v) is 10.7. The molecule has 0 unspecified atom stereocenters. The van der Waals surface area contributed by atoms with Gasteiger partial charge in [0.2, 0.25) is 5.91 Å². The van der Waals surface area contributed by atoms with Gasteiger partial charge in [-0.25, -0.2) is 8.42 Å². The Kier molecular flexibility index (Phi) is 6.24. The lowest BCUT2D eigenvalue weighted by Gasteiger charge is -2.31. The molecule has 7 nitrogen and oxygen atoms in total. The van der Waals surface area contributed by atoms with Gasteiger partial charge in [0.25, 0.3) is 10.0 Å². The van der Waals surface area contributed by atoms with Crippen molar-refractivity contribution in [1.82, 2.24) is 9.62 Å². The molecule has 1 amide bonds. The molecule has 1 aliphatic heterocycles. The molecule has 9 heteroatoms. The number of rotatable bonds is 5. The summed E-state index contributed by atoms with van der Waals surface area (Å²) in [6.45, 7) is 2.19. The van der Waals surface area contributed by atoms with Crippen LogP contribution in [0, 0.1) is 0 Å². The zero-order chi connectivity index (χ0) is 21.0. The van der Waals surface area contributed by atoms with E-state index in [4.69, 9.17) is 11.6 Å². The van der Waals surface area contributed by atoms with Crippen molar-refractivity contribution < 1.29 is 18.0 Å². The average molecular weight is 434 g/mol. The number of amides is 1. The molecule has 1 aliphatic rings. The van der Waals surface area contributed by atoms with Gasteiger partial charge in [-0.3, -0.25) is 13.9 Å². The topological polar surface area (TPSA) is 95.6 Å². The molecule has 0 aromatic heterocycles. The van der Waals surface area contributed by atoms with E-state index in [-0.39, 0.29) is 29.0 Å². The number of hydrogen-bond acceptors (Lipinski definition) is 5. The fourth-order valence-corrected chi connectivity index (χ4v) is 4.49. The maximum absolute atomic E-state index is 13.1. The zero-order valence-electron chi connectivity index (χ0n) is 15.7. The monoisotopic (exact) mass is 433 g/mol. The van der Waals surface area contributed by atoms with E-state index in [9.17, 15) is 18.0 Å². The number of carbonyl (C=O) groups excluding carboxylic acids is 2. The summed E-state index contributed by atoms with van der Waals surface area (Å²) in [6.07, 6.45) is 1.89. The molecule has 1 saturated heterocycles. The SMILES string of the molecule is CC(=O)Nc1ccc(S(=O)(=O)N2CCCN/C2=C\C(=O)c2ccc(Cl)cc2)cc1. The van der Waals surface area contributed by atoms with E-state index >= 15 is 0 Å². The summed E-state index contributed by atoms with van der Waals surface area (Å²) in [5, 5.41) is 6.10. The Balaban J connectivity index is 1.88. The van der Waals surface area contributed by atoms with E-state index in [1.807, 2.05) is 0 Å². The number of hydrogen-bond donors (Lipinski definition) is 2. The Hall–Kier alpha value is -2.84. The van der Waals surface area contributed by atoms with Crippen LogP contribution in [0.4, 0.5) is 5.69 Å². The first-order chi connectivity index (χ1) is 13.8. The zero-order valence-corrected chi connectivity index (χ0v) is 17.3. The van der Waals surface area contributed by atoms with E-state index in [2.05, 4.69) is 10.6 Å². The molecule has 2 aromatic rings. The highest BCUT2D eigenvalue weighted by Gasteiger charge is 2.29. The third kappa shape index (κ3) is 4.96. The number of halogens is 1. The minimum absolute atomic E-state index is 0.0696. The second-order valence-electron chi connectivity index (χ2n) is 6.46. The Morgan fingerprint density at radius 2 is 1.76 bits per heavy atom. The van der Waals surface area contributed by atoms with Gasteiger partial charge >= 0.3 is 0 Å². The molecule has 2 aromatic carbocycles. The van der Waals surface area contributed by atoms with Crippen LogP contribution in [0.15, 0.2) is 65.3 Å². The van der Waals surface area contributed by atoms with Crippen LogP contribution < -0.4 is 10.6 Å².